The molecule has 0 radical (unpaired) electrons. The third-order valence-electron chi connectivity index (χ3n) is 4.13. The Hall–Kier alpha value is -0.610. The molecule has 0 saturated carbocycles. The van der Waals surface area contributed by atoms with Crippen LogP contribution in [0.3, 0.4) is 0 Å². The van der Waals surface area contributed by atoms with E-state index in [9.17, 15) is 0 Å². The molecule has 0 amide bonds. The predicted molar refractivity (Wildman–Crippen MR) is 73.5 cm³/mol. The van der Waals surface area contributed by atoms with Gasteiger partial charge in [0.05, 0.1) is 0 Å². The van der Waals surface area contributed by atoms with Crippen LogP contribution >= 0.6 is 7.92 Å². The zero-order valence-corrected chi connectivity index (χ0v) is 11.3. The van der Waals surface area contributed by atoms with Crippen molar-refractivity contribution < 1.29 is 0 Å². The van der Waals surface area contributed by atoms with Crippen molar-refractivity contribution in [2.24, 2.45) is 0 Å². The van der Waals surface area contributed by atoms with Gasteiger partial charge in [-0.1, -0.05) is 25.6 Å². The van der Waals surface area contributed by atoms with E-state index >= 15 is 0 Å². The van der Waals surface area contributed by atoms with E-state index in [0.717, 1.165) is 0 Å². The van der Waals surface area contributed by atoms with Gasteiger partial charge in [-0.3, -0.25) is 0 Å². The lowest BCUT2D eigenvalue weighted by molar-refractivity contribution is 0.876. The van der Waals surface area contributed by atoms with Gasteiger partial charge in [-0.05, 0) is 73.5 Å². The first-order valence-corrected chi connectivity index (χ1v) is 8.18. The number of allylic oxidation sites excluding steroid dienone is 1. The maximum atomic E-state index is 2.47. The molecule has 1 heterocycles. The van der Waals surface area contributed by atoms with Gasteiger partial charge in [0.2, 0.25) is 0 Å². The molecule has 2 aliphatic rings. The third kappa shape index (κ3) is 1.39. The van der Waals surface area contributed by atoms with E-state index in [2.05, 4.69) is 32.6 Å². The van der Waals surface area contributed by atoms with Crippen LogP contribution in [0.4, 0.5) is 0 Å². The van der Waals surface area contributed by atoms with Gasteiger partial charge in [0.25, 0.3) is 0 Å². The molecule has 1 aliphatic carbocycles. The van der Waals surface area contributed by atoms with Crippen LogP contribution in [0.2, 0.25) is 0 Å². The van der Waals surface area contributed by atoms with Gasteiger partial charge in [0.1, 0.15) is 0 Å². The molecule has 84 valence electrons. The summed E-state index contributed by atoms with van der Waals surface area (Å²) in [5, 5.41) is 1.78. The quantitative estimate of drug-likeness (QED) is 0.576. The third-order valence-corrected chi connectivity index (χ3v) is 6.33. The maximum absolute atomic E-state index is 2.47. The van der Waals surface area contributed by atoms with E-state index in [0.29, 0.717) is 0 Å². The van der Waals surface area contributed by atoms with Gasteiger partial charge >= 0.3 is 0 Å². The molecule has 16 heavy (non-hydrogen) atoms. The topological polar surface area (TPSA) is 0 Å². The molecule has 0 aromatic heterocycles. The zero-order valence-electron chi connectivity index (χ0n) is 10.4. The lowest BCUT2D eigenvalue weighted by Gasteiger charge is -2.25. The summed E-state index contributed by atoms with van der Waals surface area (Å²) in [4.78, 5) is 0. The van der Waals surface area contributed by atoms with E-state index < -0.39 is 0 Å². The van der Waals surface area contributed by atoms with E-state index in [1.807, 2.05) is 0 Å². The van der Waals surface area contributed by atoms with Crippen LogP contribution < -0.4 is 0 Å². The molecule has 0 spiro atoms. The number of fused-ring (bicyclic) bond motifs is 2. The molecule has 1 aromatic carbocycles. The van der Waals surface area contributed by atoms with Crippen LogP contribution in [0.15, 0.2) is 17.7 Å². The van der Waals surface area contributed by atoms with Crippen LogP contribution in [0.25, 0.3) is 5.31 Å². The van der Waals surface area contributed by atoms with E-state index in [1.165, 1.54) is 36.6 Å². The van der Waals surface area contributed by atoms with Gasteiger partial charge in [-0.15, -0.1) is 0 Å². The first kappa shape index (κ1) is 10.5. The smallest absolute Gasteiger partial charge is 0.0116 e. The second-order valence-electron chi connectivity index (χ2n) is 5.18. The Morgan fingerprint density at radius 3 is 2.56 bits per heavy atom. The second-order valence-corrected chi connectivity index (χ2v) is 7.47. The minimum atomic E-state index is 0.142. The van der Waals surface area contributed by atoms with Crippen molar-refractivity contribution in [2.75, 3.05) is 12.8 Å². The summed E-state index contributed by atoms with van der Waals surface area (Å²) in [5.41, 5.74) is 8.09. The van der Waals surface area contributed by atoms with Crippen molar-refractivity contribution in [1.29, 1.82) is 0 Å². The minimum Gasteiger partial charge on any atom is -0.0776 e. The van der Waals surface area contributed by atoms with E-state index in [4.69, 9.17) is 0 Å². The van der Waals surface area contributed by atoms with Gasteiger partial charge in [-0.25, -0.2) is 0 Å². The molecule has 3 rings (SSSR count). The average Bonchev–Trinajstić information content (AvgIpc) is 2.66. The predicted octanol–water partition coefficient (Wildman–Crippen LogP) is 4.48. The molecular formula is C15H19P. The first-order valence-electron chi connectivity index (χ1n) is 6.21. The van der Waals surface area contributed by atoms with E-state index in [1.54, 1.807) is 22.0 Å². The Kier molecular flexibility index (Phi) is 2.44. The monoisotopic (exact) mass is 230 g/mol. The zero-order chi connectivity index (χ0) is 11.3. The Bertz CT molecular complexity index is 482. The van der Waals surface area contributed by atoms with Gasteiger partial charge in [0.15, 0.2) is 0 Å². The van der Waals surface area contributed by atoms with Crippen LogP contribution in [-0.2, 0) is 6.42 Å². The van der Waals surface area contributed by atoms with Crippen molar-refractivity contribution in [3.05, 3.63) is 40.0 Å². The Morgan fingerprint density at radius 2 is 1.75 bits per heavy atom. The number of benzene rings is 1. The Balaban J connectivity index is 2.27. The largest absolute Gasteiger partial charge is 0.0776 e. The summed E-state index contributed by atoms with van der Waals surface area (Å²) in [5.74, 6) is 0. The lowest BCUT2D eigenvalue weighted by Crippen LogP contribution is -2.05. The summed E-state index contributed by atoms with van der Waals surface area (Å²) in [6.07, 6.45) is 5.43. The van der Waals surface area contributed by atoms with Gasteiger partial charge in [-0.2, -0.15) is 0 Å². The Morgan fingerprint density at radius 1 is 1.00 bits per heavy atom. The fraction of sp³-hybridized carbons (Fsp3) is 0.467. The lowest BCUT2D eigenvalue weighted by atomic mass is 9.86. The van der Waals surface area contributed by atoms with E-state index in [-0.39, 0.29) is 7.92 Å². The fourth-order valence-electron chi connectivity index (χ4n) is 3.21. The van der Waals surface area contributed by atoms with Crippen molar-refractivity contribution in [3.63, 3.8) is 0 Å². The average molecular weight is 230 g/mol. The summed E-state index contributed by atoms with van der Waals surface area (Å²) in [7, 11) is 0.142. The highest BCUT2D eigenvalue weighted by atomic mass is 31.1. The molecule has 1 heteroatoms. The molecule has 0 N–H and O–H groups in total. The normalized spacial score (nSPS) is 23.3. The van der Waals surface area contributed by atoms with Crippen molar-refractivity contribution in [2.45, 2.75) is 33.1 Å². The summed E-state index contributed by atoms with van der Waals surface area (Å²) >= 11 is 0. The van der Waals surface area contributed by atoms with Gasteiger partial charge in [0, 0.05) is 0 Å². The number of hydrogen-bond donors (Lipinski definition) is 0. The SMILES string of the molecule is Cc1ccc(C)c2c1CCC1=C2P(C)CC1. The molecule has 1 atom stereocenters. The highest BCUT2D eigenvalue weighted by Gasteiger charge is 2.29. The standard InChI is InChI=1S/C15H19P/c1-10-4-5-11(2)14-13(10)7-6-12-8-9-16(3)15(12)14/h4-5H,6-9H2,1-3H3. The Labute approximate surface area is 99.5 Å². The molecule has 1 aliphatic heterocycles. The molecule has 0 bridgehead atoms. The second kappa shape index (κ2) is 3.70. The number of rotatable bonds is 0. The summed E-state index contributed by atoms with van der Waals surface area (Å²) in [6, 6.07) is 4.61. The van der Waals surface area contributed by atoms with Crippen LogP contribution in [0, 0.1) is 13.8 Å². The highest BCUT2D eigenvalue weighted by Crippen LogP contribution is 2.59. The molecule has 1 unspecified atom stereocenters. The number of hydrogen-bond acceptors (Lipinski definition) is 0. The summed E-state index contributed by atoms with van der Waals surface area (Å²) < 4.78 is 0. The highest BCUT2D eigenvalue weighted by molar-refractivity contribution is 7.68. The maximum Gasteiger partial charge on any atom is -0.0116 e. The molecule has 0 nitrogen and oxygen atoms in total. The van der Waals surface area contributed by atoms with Crippen molar-refractivity contribution >= 4 is 13.2 Å². The van der Waals surface area contributed by atoms with Crippen LogP contribution in [-0.4, -0.2) is 12.8 Å². The fourth-order valence-corrected chi connectivity index (χ4v) is 5.50. The molecule has 0 fully saturated rings. The van der Waals surface area contributed by atoms with Crippen molar-refractivity contribution in [1.82, 2.24) is 0 Å². The molecule has 0 saturated heterocycles. The van der Waals surface area contributed by atoms with Crippen molar-refractivity contribution in [3.8, 4) is 0 Å². The molecular weight excluding hydrogens is 211 g/mol. The number of aryl methyl sites for hydroxylation is 2. The molecule has 1 aromatic rings. The minimum absolute atomic E-state index is 0.142. The first-order chi connectivity index (χ1) is 7.68. The van der Waals surface area contributed by atoms with Crippen LogP contribution in [0.1, 0.15) is 35.1 Å². The van der Waals surface area contributed by atoms with Gasteiger partial charge < -0.3 is 0 Å². The summed E-state index contributed by atoms with van der Waals surface area (Å²) in [6.45, 7) is 7.03. The van der Waals surface area contributed by atoms with Crippen LogP contribution in [0.5, 0.6) is 0 Å².